The number of nitrogens with zero attached hydrogens (tertiary/aromatic N) is 1. The molecule has 1 aromatic heterocycles. The van der Waals surface area contributed by atoms with E-state index in [0.29, 0.717) is 0 Å². The number of thiazole rings is 1. The number of aromatic nitrogens is 1. The van der Waals surface area contributed by atoms with E-state index < -0.39 is 11.6 Å². The van der Waals surface area contributed by atoms with Gasteiger partial charge in [0.1, 0.15) is 5.54 Å². The van der Waals surface area contributed by atoms with Gasteiger partial charge in [-0.25, -0.2) is 9.78 Å². The van der Waals surface area contributed by atoms with Crippen molar-refractivity contribution in [2.75, 3.05) is 0 Å². The number of rotatable bonds is 2. The monoisotopic (exact) mass is 323 g/mol. The molecule has 0 saturated carbocycles. The van der Waals surface area contributed by atoms with Gasteiger partial charge < -0.3 is 5.32 Å². The molecule has 3 amide bonds. The largest absolute Gasteiger partial charge is 0.322 e. The Hall–Kier alpha value is -2.73. The zero-order chi connectivity index (χ0) is 16.0. The van der Waals surface area contributed by atoms with Crippen LogP contribution in [0.15, 0.2) is 48.0 Å². The standard InChI is InChI=1S/C17H13N3O2S/c1-17(15(21)19-16(22)20-17)12-5-2-10(3-6-12)11-4-7-13-14(8-11)23-9-18-13/h2-9H,1H3,(H2,19,20,21,22)/t17-/m1/s1. The summed E-state index contributed by atoms with van der Waals surface area (Å²) in [5.74, 6) is -0.332. The van der Waals surface area contributed by atoms with Crippen LogP contribution in [0, 0.1) is 0 Å². The Bertz CT molecular complexity index is 932. The van der Waals surface area contributed by atoms with Crippen molar-refractivity contribution in [2.45, 2.75) is 12.5 Å². The van der Waals surface area contributed by atoms with E-state index in [0.717, 1.165) is 26.9 Å². The second-order valence-electron chi connectivity index (χ2n) is 5.65. The van der Waals surface area contributed by atoms with Crippen LogP contribution in [0.4, 0.5) is 4.79 Å². The van der Waals surface area contributed by atoms with Gasteiger partial charge in [0.05, 0.1) is 15.7 Å². The van der Waals surface area contributed by atoms with Crippen molar-refractivity contribution in [3.05, 3.63) is 53.5 Å². The zero-order valence-electron chi connectivity index (χ0n) is 12.3. The Morgan fingerprint density at radius 3 is 2.48 bits per heavy atom. The van der Waals surface area contributed by atoms with E-state index in [9.17, 15) is 9.59 Å². The van der Waals surface area contributed by atoms with Gasteiger partial charge in [0.25, 0.3) is 5.91 Å². The molecule has 3 aromatic rings. The Labute approximate surface area is 136 Å². The molecule has 1 fully saturated rings. The molecule has 114 valence electrons. The van der Waals surface area contributed by atoms with Crippen LogP contribution in [0.3, 0.4) is 0 Å². The fourth-order valence-electron chi connectivity index (χ4n) is 2.78. The Kier molecular flexibility index (Phi) is 2.96. The molecule has 2 heterocycles. The summed E-state index contributed by atoms with van der Waals surface area (Å²) in [7, 11) is 0. The third-order valence-corrected chi connectivity index (χ3v) is 4.96. The maximum absolute atomic E-state index is 12.0. The van der Waals surface area contributed by atoms with Crippen LogP contribution in [0.25, 0.3) is 21.3 Å². The van der Waals surface area contributed by atoms with Gasteiger partial charge in [-0.2, -0.15) is 0 Å². The third-order valence-electron chi connectivity index (χ3n) is 4.17. The highest BCUT2D eigenvalue weighted by Crippen LogP contribution is 2.29. The number of benzene rings is 2. The number of amides is 3. The first-order valence-corrected chi connectivity index (χ1v) is 8.02. The topological polar surface area (TPSA) is 71.1 Å². The molecule has 1 atom stereocenters. The molecule has 2 aromatic carbocycles. The SMILES string of the molecule is C[C@]1(c2ccc(-c3ccc4ncsc4c3)cc2)NC(=O)NC1=O. The van der Waals surface area contributed by atoms with Crippen LogP contribution in [-0.4, -0.2) is 16.9 Å². The van der Waals surface area contributed by atoms with E-state index in [1.54, 1.807) is 18.3 Å². The third kappa shape index (κ3) is 2.19. The lowest BCUT2D eigenvalue weighted by Gasteiger charge is -2.21. The second kappa shape index (κ2) is 4.89. The van der Waals surface area contributed by atoms with Crippen LogP contribution in [0.1, 0.15) is 12.5 Å². The molecule has 1 aliphatic heterocycles. The number of hydrogen-bond donors (Lipinski definition) is 2. The van der Waals surface area contributed by atoms with Gasteiger partial charge in [-0.05, 0) is 35.7 Å². The lowest BCUT2D eigenvalue weighted by atomic mass is 9.91. The summed E-state index contributed by atoms with van der Waals surface area (Å²) >= 11 is 1.61. The van der Waals surface area contributed by atoms with E-state index in [1.807, 2.05) is 41.9 Å². The van der Waals surface area contributed by atoms with E-state index in [4.69, 9.17) is 0 Å². The average Bonchev–Trinajstić information content (AvgIpc) is 3.11. The first-order chi connectivity index (χ1) is 11.1. The number of carbonyl (C=O) groups is 2. The van der Waals surface area contributed by atoms with Crippen molar-refractivity contribution >= 4 is 33.5 Å². The van der Waals surface area contributed by atoms with Gasteiger partial charge in [-0.1, -0.05) is 30.3 Å². The molecule has 23 heavy (non-hydrogen) atoms. The summed E-state index contributed by atoms with van der Waals surface area (Å²) in [5.41, 5.74) is 4.71. The van der Waals surface area contributed by atoms with E-state index in [1.165, 1.54) is 0 Å². The summed E-state index contributed by atoms with van der Waals surface area (Å²) in [6.07, 6.45) is 0. The van der Waals surface area contributed by atoms with Crippen LogP contribution < -0.4 is 10.6 Å². The first-order valence-electron chi connectivity index (χ1n) is 7.14. The average molecular weight is 323 g/mol. The molecule has 0 bridgehead atoms. The maximum Gasteiger partial charge on any atom is 0.322 e. The molecule has 2 N–H and O–H groups in total. The Morgan fingerprint density at radius 2 is 1.78 bits per heavy atom. The molecule has 0 radical (unpaired) electrons. The van der Waals surface area contributed by atoms with Gasteiger partial charge in [0.15, 0.2) is 0 Å². The van der Waals surface area contributed by atoms with Crippen molar-refractivity contribution in [2.24, 2.45) is 0 Å². The van der Waals surface area contributed by atoms with Crippen LogP contribution in [0.5, 0.6) is 0 Å². The number of urea groups is 1. The van der Waals surface area contributed by atoms with Crippen molar-refractivity contribution in [3.8, 4) is 11.1 Å². The van der Waals surface area contributed by atoms with Crippen molar-refractivity contribution < 1.29 is 9.59 Å². The Balaban J connectivity index is 1.70. The summed E-state index contributed by atoms with van der Waals surface area (Å²) in [5, 5.41) is 4.94. The molecule has 5 nitrogen and oxygen atoms in total. The molecular formula is C17H13N3O2S. The lowest BCUT2D eigenvalue weighted by molar-refractivity contribution is -0.123. The fraction of sp³-hybridized carbons (Fsp3) is 0.118. The minimum Gasteiger partial charge on any atom is -0.320 e. The van der Waals surface area contributed by atoms with Gasteiger partial charge in [-0.15, -0.1) is 11.3 Å². The summed E-state index contributed by atoms with van der Waals surface area (Å²) in [4.78, 5) is 27.6. The highest BCUT2D eigenvalue weighted by molar-refractivity contribution is 7.16. The number of carbonyl (C=O) groups excluding carboxylic acids is 2. The van der Waals surface area contributed by atoms with Crippen molar-refractivity contribution in [3.63, 3.8) is 0 Å². The van der Waals surface area contributed by atoms with Gasteiger partial charge in [0.2, 0.25) is 0 Å². The Morgan fingerprint density at radius 1 is 1.04 bits per heavy atom. The molecule has 0 spiro atoms. The minimum absolute atomic E-state index is 0.332. The van der Waals surface area contributed by atoms with E-state index >= 15 is 0 Å². The van der Waals surface area contributed by atoms with Gasteiger partial charge in [-0.3, -0.25) is 10.1 Å². The molecule has 4 rings (SSSR count). The molecule has 6 heteroatoms. The zero-order valence-corrected chi connectivity index (χ0v) is 13.1. The van der Waals surface area contributed by atoms with Crippen molar-refractivity contribution in [1.29, 1.82) is 0 Å². The molecule has 0 unspecified atom stereocenters. The quantitative estimate of drug-likeness (QED) is 0.712. The van der Waals surface area contributed by atoms with Gasteiger partial charge >= 0.3 is 6.03 Å². The van der Waals surface area contributed by atoms with E-state index in [-0.39, 0.29) is 5.91 Å². The van der Waals surface area contributed by atoms with Crippen molar-refractivity contribution in [1.82, 2.24) is 15.6 Å². The smallest absolute Gasteiger partial charge is 0.320 e. The predicted octanol–water partition coefficient (Wildman–Crippen LogP) is 3.02. The lowest BCUT2D eigenvalue weighted by Crippen LogP contribution is -2.40. The van der Waals surface area contributed by atoms with Crippen LogP contribution >= 0.6 is 11.3 Å². The highest BCUT2D eigenvalue weighted by Gasteiger charge is 2.43. The summed E-state index contributed by atoms with van der Waals surface area (Å²) < 4.78 is 1.14. The van der Waals surface area contributed by atoms with Gasteiger partial charge in [0, 0.05) is 0 Å². The summed E-state index contributed by atoms with van der Waals surface area (Å²) in [6, 6.07) is 13.3. The van der Waals surface area contributed by atoms with Crippen LogP contribution in [-0.2, 0) is 10.3 Å². The number of fused-ring (bicyclic) bond motifs is 1. The molecule has 0 aliphatic carbocycles. The molecule has 1 aliphatic rings. The number of nitrogens with one attached hydrogen (secondary N) is 2. The molecular weight excluding hydrogens is 310 g/mol. The van der Waals surface area contributed by atoms with E-state index in [2.05, 4.69) is 21.7 Å². The summed E-state index contributed by atoms with van der Waals surface area (Å²) in [6.45, 7) is 1.70. The first kappa shape index (κ1) is 13.9. The second-order valence-corrected chi connectivity index (χ2v) is 6.53. The highest BCUT2D eigenvalue weighted by atomic mass is 32.1. The predicted molar refractivity (Wildman–Crippen MR) is 89.1 cm³/mol. The maximum atomic E-state index is 12.0. The van der Waals surface area contributed by atoms with Crippen LogP contribution in [0.2, 0.25) is 0 Å². The minimum atomic E-state index is -1.02. The number of imide groups is 1. The molecule has 1 saturated heterocycles. The number of hydrogen-bond acceptors (Lipinski definition) is 4. The fourth-order valence-corrected chi connectivity index (χ4v) is 3.49. The normalized spacial score (nSPS) is 20.6.